The fourth-order valence-electron chi connectivity index (χ4n) is 1.32. The van der Waals surface area contributed by atoms with Crippen molar-refractivity contribution < 1.29 is 4.79 Å². The Morgan fingerprint density at radius 1 is 1.07 bits per heavy atom. The van der Waals surface area contributed by atoms with Crippen LogP contribution in [0.4, 0.5) is 0 Å². The van der Waals surface area contributed by atoms with Crippen LogP contribution in [0.5, 0.6) is 0 Å². The first kappa shape index (κ1) is 13.4. The highest BCUT2D eigenvalue weighted by molar-refractivity contribution is 5.86. The summed E-state index contributed by atoms with van der Waals surface area (Å²) in [5.74, 6) is 0. The maximum atomic E-state index is 10.8. The quantitative estimate of drug-likeness (QED) is 0.674. The lowest BCUT2D eigenvalue weighted by molar-refractivity contribution is 0.112. The number of aryl methyl sites for hydroxylation is 1. The molecule has 0 saturated carbocycles. The van der Waals surface area contributed by atoms with Crippen molar-refractivity contribution in [2.45, 2.75) is 20.8 Å². The van der Waals surface area contributed by atoms with Crippen LogP contribution in [0.25, 0.3) is 12.2 Å². The van der Waals surface area contributed by atoms with E-state index in [1.54, 1.807) is 12.2 Å². The number of rotatable bonds is 3. The summed E-state index contributed by atoms with van der Waals surface area (Å²) in [5.41, 5.74) is 3.48. The topological polar surface area (TPSA) is 17.1 Å². The third-order valence-corrected chi connectivity index (χ3v) is 2.08. The molecule has 1 aromatic rings. The predicted octanol–water partition coefficient (Wildman–Crippen LogP) is 4.12. The summed E-state index contributed by atoms with van der Waals surface area (Å²) in [6.45, 7) is 13.3. The van der Waals surface area contributed by atoms with Gasteiger partial charge in [0.1, 0.15) is 0 Å². The molecule has 80 valence electrons. The molecule has 0 spiro atoms. The molecule has 0 atom stereocenters. The van der Waals surface area contributed by atoms with Gasteiger partial charge in [-0.05, 0) is 23.6 Å². The van der Waals surface area contributed by atoms with Crippen LogP contribution in [-0.2, 0) is 0 Å². The van der Waals surface area contributed by atoms with Crippen molar-refractivity contribution in [1.82, 2.24) is 0 Å². The van der Waals surface area contributed by atoms with E-state index in [1.807, 2.05) is 32.9 Å². The predicted molar refractivity (Wildman–Crippen MR) is 68.1 cm³/mol. The highest BCUT2D eigenvalue weighted by Crippen LogP contribution is 2.19. The molecule has 1 rings (SSSR count). The third kappa shape index (κ3) is 2.91. The Morgan fingerprint density at radius 2 is 1.67 bits per heavy atom. The minimum atomic E-state index is 0.701. The van der Waals surface area contributed by atoms with Gasteiger partial charge in [-0.15, -0.1) is 0 Å². The van der Waals surface area contributed by atoms with Crippen LogP contribution in [0, 0.1) is 6.92 Å². The minimum Gasteiger partial charge on any atom is -0.298 e. The smallest absolute Gasteiger partial charge is 0.150 e. The van der Waals surface area contributed by atoms with Gasteiger partial charge >= 0.3 is 0 Å². The first-order valence-electron chi connectivity index (χ1n) is 5.08. The normalized spacial score (nSPS) is 8.47. The molecule has 0 aliphatic heterocycles. The summed E-state index contributed by atoms with van der Waals surface area (Å²) < 4.78 is 0. The van der Waals surface area contributed by atoms with Crippen LogP contribution in [-0.4, -0.2) is 6.29 Å². The van der Waals surface area contributed by atoms with Gasteiger partial charge in [0.15, 0.2) is 6.29 Å². The molecule has 0 aromatic heterocycles. The number of carbonyl (C=O) groups is 1. The summed E-state index contributed by atoms with van der Waals surface area (Å²) in [6.07, 6.45) is 4.27. The van der Waals surface area contributed by atoms with E-state index >= 15 is 0 Å². The molecule has 0 aliphatic carbocycles. The molecule has 0 amide bonds. The number of benzene rings is 1. The molecule has 0 aliphatic rings. The van der Waals surface area contributed by atoms with Gasteiger partial charge in [0.05, 0.1) is 0 Å². The van der Waals surface area contributed by atoms with E-state index in [4.69, 9.17) is 0 Å². The van der Waals surface area contributed by atoms with Crippen molar-refractivity contribution in [1.29, 1.82) is 0 Å². The zero-order chi connectivity index (χ0) is 11.8. The summed E-state index contributed by atoms with van der Waals surface area (Å²) in [4.78, 5) is 10.8. The number of carbonyl (C=O) groups excluding carboxylic acids is 1. The molecule has 1 nitrogen and oxygen atoms in total. The average Bonchev–Trinajstić information content (AvgIpc) is 2.31. The van der Waals surface area contributed by atoms with Crippen LogP contribution >= 0.6 is 0 Å². The molecule has 0 heterocycles. The zero-order valence-corrected chi connectivity index (χ0v) is 9.71. The van der Waals surface area contributed by atoms with Gasteiger partial charge in [-0.25, -0.2) is 0 Å². The van der Waals surface area contributed by atoms with E-state index in [1.165, 1.54) is 0 Å². The lowest BCUT2D eigenvalue weighted by atomic mass is 9.97. The number of aldehydes is 1. The van der Waals surface area contributed by atoms with Gasteiger partial charge in [0.2, 0.25) is 0 Å². The van der Waals surface area contributed by atoms with Crippen molar-refractivity contribution in [3.05, 3.63) is 47.5 Å². The summed E-state index contributed by atoms with van der Waals surface area (Å²) in [7, 11) is 0. The van der Waals surface area contributed by atoms with Gasteiger partial charge in [-0.3, -0.25) is 4.79 Å². The van der Waals surface area contributed by atoms with E-state index in [2.05, 4.69) is 13.2 Å². The summed E-state index contributed by atoms with van der Waals surface area (Å²) in [6, 6.07) is 3.85. The highest BCUT2D eigenvalue weighted by atomic mass is 16.1. The Kier molecular flexibility index (Phi) is 6.03. The highest BCUT2D eigenvalue weighted by Gasteiger charge is 2.04. The van der Waals surface area contributed by atoms with Gasteiger partial charge in [-0.2, -0.15) is 0 Å². The molecule has 15 heavy (non-hydrogen) atoms. The molecule has 0 N–H and O–H groups in total. The zero-order valence-electron chi connectivity index (χ0n) is 9.71. The van der Waals surface area contributed by atoms with Crippen molar-refractivity contribution >= 4 is 18.4 Å². The average molecular weight is 202 g/mol. The van der Waals surface area contributed by atoms with E-state index in [9.17, 15) is 4.79 Å². The number of hydrogen-bond donors (Lipinski definition) is 0. The molecule has 1 aromatic carbocycles. The maximum absolute atomic E-state index is 10.8. The standard InChI is InChI=1S/C12H12O.C2H6/c1-4-10-7-6-9(3)12(8-13)11(10)5-2;1-2/h4-8H,1-2H2,3H3;1-2H3. The second-order valence-electron chi connectivity index (χ2n) is 2.83. The van der Waals surface area contributed by atoms with E-state index in [0.717, 1.165) is 23.0 Å². The molecule has 0 fully saturated rings. The molecule has 0 radical (unpaired) electrons. The monoisotopic (exact) mass is 202 g/mol. The minimum absolute atomic E-state index is 0.701. The Balaban J connectivity index is 0.000000921. The Morgan fingerprint density at radius 3 is 2.07 bits per heavy atom. The first-order valence-corrected chi connectivity index (χ1v) is 5.08. The van der Waals surface area contributed by atoms with Crippen LogP contribution in [0.3, 0.4) is 0 Å². The molecule has 0 saturated heterocycles. The fourth-order valence-corrected chi connectivity index (χ4v) is 1.32. The number of hydrogen-bond acceptors (Lipinski definition) is 1. The second-order valence-corrected chi connectivity index (χ2v) is 2.83. The first-order chi connectivity index (χ1) is 7.24. The Hall–Kier alpha value is -1.63. The maximum Gasteiger partial charge on any atom is 0.150 e. The van der Waals surface area contributed by atoms with E-state index in [0.29, 0.717) is 5.56 Å². The van der Waals surface area contributed by atoms with Gasteiger partial charge in [-0.1, -0.05) is 51.3 Å². The molecular weight excluding hydrogens is 184 g/mol. The fraction of sp³-hybridized carbons (Fsp3) is 0.214. The lowest BCUT2D eigenvalue weighted by Crippen LogP contribution is -1.93. The van der Waals surface area contributed by atoms with Crippen LogP contribution in [0.1, 0.15) is 40.9 Å². The lowest BCUT2D eigenvalue weighted by Gasteiger charge is -2.06. The second kappa shape index (κ2) is 6.77. The molecule has 0 unspecified atom stereocenters. The van der Waals surface area contributed by atoms with Gasteiger partial charge in [0, 0.05) is 5.56 Å². The summed E-state index contributed by atoms with van der Waals surface area (Å²) in [5, 5.41) is 0. The molecular formula is C14H18O. The summed E-state index contributed by atoms with van der Waals surface area (Å²) >= 11 is 0. The van der Waals surface area contributed by atoms with Crippen LogP contribution < -0.4 is 0 Å². The van der Waals surface area contributed by atoms with Crippen molar-refractivity contribution in [2.75, 3.05) is 0 Å². The van der Waals surface area contributed by atoms with E-state index < -0.39 is 0 Å². The molecule has 0 bridgehead atoms. The van der Waals surface area contributed by atoms with E-state index in [-0.39, 0.29) is 0 Å². The van der Waals surface area contributed by atoms with Gasteiger partial charge < -0.3 is 0 Å². The Labute approximate surface area is 92.1 Å². The van der Waals surface area contributed by atoms with Crippen LogP contribution in [0.15, 0.2) is 25.3 Å². The van der Waals surface area contributed by atoms with Crippen molar-refractivity contribution in [3.63, 3.8) is 0 Å². The van der Waals surface area contributed by atoms with Crippen molar-refractivity contribution in [3.8, 4) is 0 Å². The largest absolute Gasteiger partial charge is 0.298 e. The molecule has 1 heteroatoms. The van der Waals surface area contributed by atoms with Crippen molar-refractivity contribution in [2.24, 2.45) is 0 Å². The van der Waals surface area contributed by atoms with Crippen LogP contribution in [0.2, 0.25) is 0 Å². The van der Waals surface area contributed by atoms with Gasteiger partial charge in [0.25, 0.3) is 0 Å². The SMILES string of the molecule is C=Cc1ccc(C)c(C=O)c1C=C.CC. The Bertz CT molecular complexity index is 362. The third-order valence-electron chi connectivity index (χ3n) is 2.08.